The lowest BCUT2D eigenvalue weighted by Gasteiger charge is -2.11. The highest BCUT2D eigenvalue weighted by atomic mass is 19.1. The zero-order valence-electron chi connectivity index (χ0n) is 13.6. The van der Waals surface area contributed by atoms with E-state index in [-0.39, 0.29) is 11.9 Å². The lowest BCUT2D eigenvalue weighted by molar-refractivity contribution is 0.596. The number of anilines is 1. The Morgan fingerprint density at radius 3 is 2.84 bits per heavy atom. The predicted octanol–water partition coefficient (Wildman–Crippen LogP) is 2.05. The van der Waals surface area contributed by atoms with E-state index in [9.17, 15) is 4.39 Å². The van der Waals surface area contributed by atoms with Gasteiger partial charge in [-0.25, -0.2) is 19.3 Å². The Bertz CT molecular complexity index is 1070. The van der Waals surface area contributed by atoms with Crippen molar-refractivity contribution in [3.63, 3.8) is 0 Å². The second-order valence-electron chi connectivity index (χ2n) is 5.75. The molecule has 0 radical (unpaired) electrons. The molecule has 126 valence electrons. The van der Waals surface area contributed by atoms with Crippen LogP contribution < -0.4 is 5.73 Å². The molecule has 4 heterocycles. The lowest BCUT2D eigenvalue weighted by atomic mass is 10.2. The van der Waals surface area contributed by atoms with Gasteiger partial charge in [-0.1, -0.05) is 5.21 Å². The van der Waals surface area contributed by atoms with Crippen LogP contribution in [0.25, 0.3) is 16.9 Å². The molecule has 0 amide bonds. The first kappa shape index (κ1) is 15.2. The summed E-state index contributed by atoms with van der Waals surface area (Å²) in [5.41, 5.74) is 8.31. The number of aromatic nitrogens is 7. The summed E-state index contributed by atoms with van der Waals surface area (Å²) in [6, 6.07) is 2.68. The Labute approximate surface area is 142 Å². The number of nitrogens with zero attached hydrogens (tertiary/aromatic N) is 7. The van der Waals surface area contributed by atoms with Crippen LogP contribution >= 0.6 is 0 Å². The number of nitrogen functional groups attached to an aromatic ring is 1. The van der Waals surface area contributed by atoms with E-state index in [0.717, 1.165) is 16.6 Å². The van der Waals surface area contributed by atoms with Gasteiger partial charge in [0.25, 0.3) is 0 Å². The molecule has 0 spiro atoms. The Balaban J connectivity index is 1.77. The van der Waals surface area contributed by atoms with Gasteiger partial charge in [0, 0.05) is 12.4 Å². The van der Waals surface area contributed by atoms with Gasteiger partial charge in [0.2, 0.25) is 0 Å². The van der Waals surface area contributed by atoms with Gasteiger partial charge in [-0.2, -0.15) is 4.68 Å². The molecule has 1 atom stereocenters. The third-order valence-electron chi connectivity index (χ3n) is 4.14. The van der Waals surface area contributed by atoms with Crippen molar-refractivity contribution in [2.24, 2.45) is 0 Å². The molecule has 0 aliphatic rings. The number of hydrogen-bond donors (Lipinski definition) is 1. The van der Waals surface area contributed by atoms with Crippen LogP contribution in [0, 0.1) is 12.7 Å². The zero-order valence-corrected chi connectivity index (χ0v) is 13.6. The Morgan fingerprint density at radius 1 is 1.20 bits per heavy atom. The fourth-order valence-electron chi connectivity index (χ4n) is 2.85. The molecule has 4 aromatic heterocycles. The van der Waals surface area contributed by atoms with Gasteiger partial charge >= 0.3 is 0 Å². The summed E-state index contributed by atoms with van der Waals surface area (Å²) in [5, 5.41) is 8.97. The van der Waals surface area contributed by atoms with E-state index in [1.165, 1.54) is 29.3 Å². The van der Waals surface area contributed by atoms with Crippen LogP contribution in [0.1, 0.15) is 24.2 Å². The van der Waals surface area contributed by atoms with Gasteiger partial charge in [0.1, 0.15) is 23.5 Å². The number of aryl methyl sites for hydroxylation is 1. The number of hydrogen-bond acceptors (Lipinski definition) is 6. The minimum atomic E-state index is -0.464. The maximum Gasteiger partial charge on any atom is 0.191 e. The first-order chi connectivity index (χ1) is 12.1. The van der Waals surface area contributed by atoms with E-state index >= 15 is 0 Å². The van der Waals surface area contributed by atoms with Gasteiger partial charge in [-0.15, -0.1) is 5.10 Å². The van der Waals surface area contributed by atoms with Crippen LogP contribution in [-0.2, 0) is 0 Å². The predicted molar refractivity (Wildman–Crippen MR) is 89.6 cm³/mol. The monoisotopic (exact) mass is 338 g/mol. The molecule has 0 fully saturated rings. The second kappa shape index (κ2) is 5.62. The molecule has 0 bridgehead atoms. The molecule has 0 saturated carbocycles. The molecule has 0 aromatic carbocycles. The molecule has 2 N–H and O–H groups in total. The molecule has 9 heteroatoms. The van der Waals surface area contributed by atoms with Crippen LogP contribution in [0.3, 0.4) is 0 Å². The summed E-state index contributed by atoms with van der Waals surface area (Å²) in [6.07, 6.45) is 6.54. The van der Waals surface area contributed by atoms with E-state index in [1.54, 1.807) is 6.20 Å². The van der Waals surface area contributed by atoms with Gasteiger partial charge in [-0.05, 0) is 31.5 Å². The first-order valence-electron chi connectivity index (χ1n) is 7.67. The van der Waals surface area contributed by atoms with Crippen LogP contribution in [0.2, 0.25) is 0 Å². The maximum atomic E-state index is 13.9. The molecule has 1 unspecified atom stereocenters. The molecule has 4 aromatic rings. The van der Waals surface area contributed by atoms with Gasteiger partial charge < -0.3 is 10.3 Å². The van der Waals surface area contributed by atoms with Gasteiger partial charge in [0.05, 0.1) is 17.6 Å². The average Bonchev–Trinajstić information content (AvgIpc) is 3.21. The molecule has 4 rings (SSSR count). The zero-order chi connectivity index (χ0) is 17.6. The summed E-state index contributed by atoms with van der Waals surface area (Å²) in [4.78, 5) is 12.4. The second-order valence-corrected chi connectivity index (χ2v) is 5.75. The molecule has 25 heavy (non-hydrogen) atoms. The van der Waals surface area contributed by atoms with Crippen molar-refractivity contribution in [1.29, 1.82) is 0 Å². The minimum Gasteiger partial charge on any atom is -0.383 e. The molecule has 0 aliphatic carbocycles. The summed E-state index contributed by atoms with van der Waals surface area (Å²) in [5.74, 6) is 0.0793. The number of halogens is 1. The third kappa shape index (κ3) is 2.40. The largest absolute Gasteiger partial charge is 0.383 e. The number of fused-ring (bicyclic) bond motifs is 1. The van der Waals surface area contributed by atoms with Crippen LogP contribution in [-0.4, -0.2) is 34.5 Å². The Kier molecular flexibility index (Phi) is 3.41. The highest BCUT2D eigenvalue weighted by Crippen LogP contribution is 2.28. The number of rotatable bonds is 3. The fourth-order valence-corrected chi connectivity index (χ4v) is 2.85. The quantitative estimate of drug-likeness (QED) is 0.613. The number of pyridine rings is 1. The number of nitrogens with two attached hydrogens (primary N) is 1. The standard InChI is InChI=1S/C16H15FN8/c1-9-6-24(16-13(9)14(18)20-8-21-16)10(2)12-7-25(23-22-12)15-11(17)4-3-5-19-15/h3-8,10H,1-2H3,(H2,18,20,21). The van der Waals surface area contributed by atoms with Crippen molar-refractivity contribution in [2.45, 2.75) is 19.9 Å². The van der Waals surface area contributed by atoms with E-state index in [4.69, 9.17) is 5.73 Å². The summed E-state index contributed by atoms with van der Waals surface area (Å²) in [6.45, 7) is 3.91. The summed E-state index contributed by atoms with van der Waals surface area (Å²) in [7, 11) is 0. The van der Waals surface area contributed by atoms with Crippen molar-refractivity contribution in [2.75, 3.05) is 5.73 Å². The van der Waals surface area contributed by atoms with Crippen LogP contribution in [0.15, 0.2) is 37.1 Å². The molecule has 0 aliphatic heterocycles. The van der Waals surface area contributed by atoms with Gasteiger partial charge in [0.15, 0.2) is 11.6 Å². The van der Waals surface area contributed by atoms with E-state index < -0.39 is 5.82 Å². The van der Waals surface area contributed by atoms with E-state index in [0.29, 0.717) is 11.5 Å². The minimum absolute atomic E-state index is 0.105. The molecular formula is C16H15FN8. The normalized spacial score (nSPS) is 12.6. The molecular weight excluding hydrogens is 323 g/mol. The van der Waals surface area contributed by atoms with Crippen molar-refractivity contribution >= 4 is 16.9 Å². The summed E-state index contributed by atoms with van der Waals surface area (Å²) < 4.78 is 17.2. The maximum absolute atomic E-state index is 13.9. The first-order valence-corrected chi connectivity index (χ1v) is 7.67. The SMILES string of the molecule is Cc1cn(C(C)c2cn(-c3ncccc3F)nn2)c2ncnc(N)c12. The van der Waals surface area contributed by atoms with Crippen molar-refractivity contribution in [1.82, 2.24) is 34.5 Å². The lowest BCUT2D eigenvalue weighted by Crippen LogP contribution is -2.07. The highest BCUT2D eigenvalue weighted by Gasteiger charge is 2.19. The fraction of sp³-hybridized carbons (Fsp3) is 0.188. The van der Waals surface area contributed by atoms with Crippen LogP contribution in [0.5, 0.6) is 0 Å². The average molecular weight is 338 g/mol. The van der Waals surface area contributed by atoms with E-state index in [2.05, 4.69) is 25.3 Å². The van der Waals surface area contributed by atoms with Crippen molar-refractivity contribution in [3.8, 4) is 5.82 Å². The third-order valence-corrected chi connectivity index (χ3v) is 4.14. The smallest absolute Gasteiger partial charge is 0.191 e. The van der Waals surface area contributed by atoms with Crippen LogP contribution in [0.4, 0.5) is 10.2 Å². The highest BCUT2D eigenvalue weighted by molar-refractivity contribution is 5.89. The van der Waals surface area contributed by atoms with Crippen molar-refractivity contribution in [3.05, 3.63) is 54.1 Å². The topological polar surface area (TPSA) is 100 Å². The molecule has 0 saturated heterocycles. The van der Waals surface area contributed by atoms with Crippen molar-refractivity contribution < 1.29 is 4.39 Å². The Morgan fingerprint density at radius 2 is 2.04 bits per heavy atom. The summed E-state index contributed by atoms with van der Waals surface area (Å²) >= 11 is 0. The van der Waals surface area contributed by atoms with E-state index in [1.807, 2.05) is 24.6 Å². The molecule has 8 nitrogen and oxygen atoms in total. The van der Waals surface area contributed by atoms with Gasteiger partial charge in [-0.3, -0.25) is 0 Å². The Hall–Kier alpha value is -3.36.